The molecule has 2 rings (SSSR count). The SMILES string of the molecule is NCCc1nccc(N2CCN(C=O)CC2)n1. The normalized spacial score (nSPS) is 16.1. The third-order valence-electron chi connectivity index (χ3n) is 2.85. The first-order chi connectivity index (χ1) is 8.33. The van der Waals surface area contributed by atoms with Crippen molar-refractivity contribution >= 4 is 12.2 Å². The summed E-state index contributed by atoms with van der Waals surface area (Å²) in [6.07, 6.45) is 3.36. The second-order valence-electron chi connectivity index (χ2n) is 4.00. The first kappa shape index (κ1) is 11.8. The maximum Gasteiger partial charge on any atom is 0.209 e. The van der Waals surface area contributed by atoms with E-state index in [4.69, 9.17) is 5.73 Å². The Balaban J connectivity index is 2.02. The highest BCUT2D eigenvalue weighted by Gasteiger charge is 2.16. The smallest absolute Gasteiger partial charge is 0.209 e. The van der Waals surface area contributed by atoms with Crippen molar-refractivity contribution in [1.29, 1.82) is 0 Å². The number of hydrogen-bond donors (Lipinski definition) is 1. The fourth-order valence-corrected chi connectivity index (χ4v) is 1.87. The number of hydrogen-bond acceptors (Lipinski definition) is 5. The fourth-order valence-electron chi connectivity index (χ4n) is 1.87. The summed E-state index contributed by atoms with van der Waals surface area (Å²) < 4.78 is 0. The van der Waals surface area contributed by atoms with Crippen LogP contribution >= 0.6 is 0 Å². The van der Waals surface area contributed by atoms with Crippen LogP contribution in [0.25, 0.3) is 0 Å². The van der Waals surface area contributed by atoms with Crippen molar-refractivity contribution in [2.24, 2.45) is 5.73 Å². The molecule has 0 radical (unpaired) electrons. The lowest BCUT2D eigenvalue weighted by atomic mass is 10.3. The molecule has 1 amide bonds. The van der Waals surface area contributed by atoms with Gasteiger partial charge in [0.05, 0.1) is 0 Å². The summed E-state index contributed by atoms with van der Waals surface area (Å²) in [5.74, 6) is 1.71. The Morgan fingerprint density at radius 2 is 2.12 bits per heavy atom. The van der Waals surface area contributed by atoms with Crippen LogP contribution in [0.2, 0.25) is 0 Å². The number of nitrogens with two attached hydrogens (primary N) is 1. The van der Waals surface area contributed by atoms with Crippen LogP contribution in [0.3, 0.4) is 0 Å². The lowest BCUT2D eigenvalue weighted by molar-refractivity contribution is -0.118. The molecule has 0 aliphatic carbocycles. The molecule has 92 valence electrons. The molecule has 17 heavy (non-hydrogen) atoms. The van der Waals surface area contributed by atoms with E-state index in [1.54, 1.807) is 11.1 Å². The minimum Gasteiger partial charge on any atom is -0.353 e. The third-order valence-corrected chi connectivity index (χ3v) is 2.85. The average Bonchev–Trinajstić information content (AvgIpc) is 2.40. The van der Waals surface area contributed by atoms with E-state index in [0.717, 1.165) is 44.2 Å². The number of aromatic nitrogens is 2. The van der Waals surface area contributed by atoms with Gasteiger partial charge in [-0.25, -0.2) is 9.97 Å². The van der Waals surface area contributed by atoms with Crippen LogP contribution in [0.15, 0.2) is 12.3 Å². The molecule has 1 aromatic heterocycles. The molecule has 1 aliphatic rings. The molecule has 1 aliphatic heterocycles. The van der Waals surface area contributed by atoms with Gasteiger partial charge in [0, 0.05) is 38.8 Å². The van der Waals surface area contributed by atoms with Crippen LogP contribution < -0.4 is 10.6 Å². The van der Waals surface area contributed by atoms with E-state index in [1.807, 2.05) is 6.07 Å². The minimum absolute atomic E-state index is 0.558. The summed E-state index contributed by atoms with van der Waals surface area (Å²) in [7, 11) is 0. The van der Waals surface area contributed by atoms with Crippen LogP contribution in [-0.2, 0) is 11.2 Å². The zero-order chi connectivity index (χ0) is 12.1. The molecule has 0 unspecified atom stereocenters. The summed E-state index contributed by atoms with van der Waals surface area (Å²) in [5, 5.41) is 0. The van der Waals surface area contributed by atoms with Gasteiger partial charge < -0.3 is 15.5 Å². The summed E-state index contributed by atoms with van der Waals surface area (Å²) in [4.78, 5) is 23.2. The van der Waals surface area contributed by atoms with Gasteiger partial charge in [0.1, 0.15) is 11.6 Å². The van der Waals surface area contributed by atoms with Crippen LogP contribution in [0.5, 0.6) is 0 Å². The van der Waals surface area contributed by atoms with Crippen molar-refractivity contribution in [3.05, 3.63) is 18.1 Å². The molecule has 2 heterocycles. The number of amides is 1. The Morgan fingerprint density at radius 1 is 1.35 bits per heavy atom. The zero-order valence-electron chi connectivity index (χ0n) is 9.75. The summed E-state index contributed by atoms with van der Waals surface area (Å²) in [5.41, 5.74) is 5.49. The summed E-state index contributed by atoms with van der Waals surface area (Å²) >= 11 is 0. The van der Waals surface area contributed by atoms with Crippen LogP contribution in [-0.4, -0.2) is 54.0 Å². The lowest BCUT2D eigenvalue weighted by Crippen LogP contribution is -2.46. The van der Waals surface area contributed by atoms with Gasteiger partial charge >= 0.3 is 0 Å². The number of anilines is 1. The first-order valence-corrected chi connectivity index (χ1v) is 5.80. The fraction of sp³-hybridized carbons (Fsp3) is 0.545. The average molecular weight is 235 g/mol. The Kier molecular flexibility index (Phi) is 3.87. The first-order valence-electron chi connectivity index (χ1n) is 5.80. The van der Waals surface area contributed by atoms with Crippen LogP contribution in [0.4, 0.5) is 5.82 Å². The highest BCUT2D eigenvalue weighted by atomic mass is 16.1. The molecule has 1 fully saturated rings. The van der Waals surface area contributed by atoms with E-state index in [-0.39, 0.29) is 0 Å². The minimum atomic E-state index is 0.558. The molecule has 0 spiro atoms. The quantitative estimate of drug-likeness (QED) is 0.695. The Hall–Kier alpha value is -1.69. The monoisotopic (exact) mass is 235 g/mol. The second kappa shape index (κ2) is 5.58. The third kappa shape index (κ3) is 2.91. The molecule has 0 bridgehead atoms. The van der Waals surface area contributed by atoms with E-state index >= 15 is 0 Å². The van der Waals surface area contributed by atoms with Gasteiger partial charge in [0.2, 0.25) is 6.41 Å². The topological polar surface area (TPSA) is 75.3 Å². The van der Waals surface area contributed by atoms with E-state index in [1.165, 1.54) is 0 Å². The van der Waals surface area contributed by atoms with Crippen molar-refractivity contribution in [2.45, 2.75) is 6.42 Å². The van der Waals surface area contributed by atoms with Gasteiger partial charge in [-0.05, 0) is 12.6 Å². The maximum absolute atomic E-state index is 10.6. The molecule has 6 heteroatoms. The molecule has 6 nitrogen and oxygen atoms in total. The van der Waals surface area contributed by atoms with Gasteiger partial charge in [0.15, 0.2) is 0 Å². The number of carbonyl (C=O) groups excluding carboxylic acids is 1. The van der Waals surface area contributed by atoms with Crippen molar-refractivity contribution < 1.29 is 4.79 Å². The van der Waals surface area contributed by atoms with Crippen LogP contribution in [0.1, 0.15) is 5.82 Å². The Morgan fingerprint density at radius 3 is 2.76 bits per heavy atom. The Bertz CT molecular complexity index is 376. The van der Waals surface area contributed by atoms with Gasteiger partial charge in [-0.2, -0.15) is 0 Å². The van der Waals surface area contributed by atoms with Gasteiger partial charge in [-0.3, -0.25) is 4.79 Å². The molecular formula is C11H17N5O. The van der Waals surface area contributed by atoms with E-state index < -0.39 is 0 Å². The summed E-state index contributed by atoms with van der Waals surface area (Å²) in [6.45, 7) is 3.69. The molecule has 1 saturated heterocycles. The van der Waals surface area contributed by atoms with E-state index in [0.29, 0.717) is 13.0 Å². The standard InChI is InChI=1S/C11H17N5O/c12-3-1-10-13-4-2-11(14-10)16-7-5-15(9-17)6-8-16/h2,4,9H,1,3,5-8,12H2. The number of nitrogens with zero attached hydrogens (tertiary/aromatic N) is 4. The largest absolute Gasteiger partial charge is 0.353 e. The number of carbonyl (C=O) groups is 1. The van der Waals surface area contributed by atoms with Gasteiger partial charge in [0.25, 0.3) is 0 Å². The van der Waals surface area contributed by atoms with Gasteiger partial charge in [-0.15, -0.1) is 0 Å². The highest BCUT2D eigenvalue weighted by Crippen LogP contribution is 2.12. The van der Waals surface area contributed by atoms with Gasteiger partial charge in [-0.1, -0.05) is 0 Å². The predicted molar refractivity (Wildman–Crippen MR) is 64.6 cm³/mol. The second-order valence-corrected chi connectivity index (χ2v) is 4.00. The Labute approximate surface area is 100 Å². The molecule has 0 saturated carbocycles. The number of rotatable bonds is 4. The highest BCUT2D eigenvalue weighted by molar-refractivity contribution is 5.49. The predicted octanol–water partition coefficient (Wildman–Crippen LogP) is -0.744. The lowest BCUT2D eigenvalue weighted by Gasteiger charge is -2.33. The molecule has 0 aromatic carbocycles. The van der Waals surface area contributed by atoms with Crippen molar-refractivity contribution in [3.63, 3.8) is 0 Å². The maximum atomic E-state index is 10.6. The van der Waals surface area contributed by atoms with Crippen molar-refractivity contribution in [1.82, 2.24) is 14.9 Å². The van der Waals surface area contributed by atoms with E-state index in [9.17, 15) is 4.79 Å². The summed E-state index contributed by atoms with van der Waals surface area (Å²) in [6, 6.07) is 1.90. The zero-order valence-corrected chi connectivity index (χ0v) is 9.75. The van der Waals surface area contributed by atoms with Crippen molar-refractivity contribution in [2.75, 3.05) is 37.6 Å². The molecule has 0 atom stereocenters. The van der Waals surface area contributed by atoms with Crippen LogP contribution in [0, 0.1) is 0 Å². The van der Waals surface area contributed by atoms with Crippen molar-refractivity contribution in [3.8, 4) is 0 Å². The molecule has 1 aromatic rings. The number of piperazine rings is 1. The molecule has 2 N–H and O–H groups in total. The molecular weight excluding hydrogens is 218 g/mol. The van der Waals surface area contributed by atoms with E-state index in [2.05, 4.69) is 14.9 Å².